The van der Waals surface area contributed by atoms with Crippen LogP contribution in [-0.4, -0.2) is 75.5 Å². The number of carbonyl (C=O) groups is 5. The van der Waals surface area contributed by atoms with Crippen LogP contribution in [0, 0.1) is 17.3 Å². The summed E-state index contributed by atoms with van der Waals surface area (Å²) in [6.45, 7) is 12.4. The lowest BCUT2D eigenvalue weighted by Crippen LogP contribution is -2.62. The predicted octanol–water partition coefficient (Wildman–Crippen LogP) is 6.02. The third-order valence-corrected chi connectivity index (χ3v) is 10.1. The second kappa shape index (κ2) is 16.4. The van der Waals surface area contributed by atoms with E-state index in [9.17, 15) is 29.1 Å². The van der Waals surface area contributed by atoms with Crippen molar-refractivity contribution in [2.75, 3.05) is 7.05 Å². The van der Waals surface area contributed by atoms with Crippen LogP contribution >= 0.6 is 0 Å². The Bertz CT molecular complexity index is 2020. The van der Waals surface area contributed by atoms with Gasteiger partial charge in [-0.3, -0.25) is 19.3 Å². The largest absolute Gasteiger partial charge is 0.478 e. The molecule has 4 amide bonds. The van der Waals surface area contributed by atoms with Gasteiger partial charge in [0.25, 0.3) is 0 Å². The molecule has 0 saturated heterocycles. The van der Waals surface area contributed by atoms with Crippen LogP contribution in [0.15, 0.2) is 66.7 Å². The van der Waals surface area contributed by atoms with E-state index < -0.39 is 53.0 Å². The lowest BCUT2D eigenvalue weighted by molar-refractivity contribution is -0.147. The summed E-state index contributed by atoms with van der Waals surface area (Å²) in [5.74, 6) is 3.98. The summed E-state index contributed by atoms with van der Waals surface area (Å²) in [7, 11) is 1.48. The van der Waals surface area contributed by atoms with Crippen LogP contribution in [-0.2, 0) is 38.5 Å². The molecule has 11 nitrogen and oxygen atoms in total. The number of aryl methyl sites for hydroxylation is 1. The van der Waals surface area contributed by atoms with Crippen molar-refractivity contribution in [3.05, 3.63) is 106 Å². The Morgan fingerprint density at radius 2 is 1.55 bits per heavy atom. The average molecular weight is 749 g/mol. The third-order valence-electron chi connectivity index (χ3n) is 10.1. The van der Waals surface area contributed by atoms with Gasteiger partial charge in [-0.05, 0) is 111 Å². The first-order chi connectivity index (χ1) is 25.8. The van der Waals surface area contributed by atoms with Crippen molar-refractivity contribution in [1.82, 2.24) is 20.4 Å². The van der Waals surface area contributed by atoms with Crippen molar-refractivity contribution in [2.45, 2.75) is 110 Å². The van der Waals surface area contributed by atoms with Gasteiger partial charge in [-0.1, -0.05) is 62.9 Å². The Labute approximate surface area is 323 Å². The van der Waals surface area contributed by atoms with E-state index in [1.807, 2.05) is 57.2 Å². The topological polar surface area (TPSA) is 145 Å². The van der Waals surface area contributed by atoms with E-state index in [2.05, 4.69) is 28.5 Å². The van der Waals surface area contributed by atoms with Crippen molar-refractivity contribution in [2.24, 2.45) is 5.41 Å². The van der Waals surface area contributed by atoms with Crippen molar-refractivity contribution in [3.8, 4) is 11.8 Å². The Morgan fingerprint density at radius 3 is 2.20 bits per heavy atom. The first-order valence-electron chi connectivity index (χ1n) is 18.7. The van der Waals surface area contributed by atoms with Gasteiger partial charge in [0, 0.05) is 31.1 Å². The first-order valence-corrected chi connectivity index (χ1v) is 18.7. The molecule has 3 N–H and O–H groups in total. The van der Waals surface area contributed by atoms with E-state index in [1.165, 1.54) is 29.6 Å². The van der Waals surface area contributed by atoms with Gasteiger partial charge >= 0.3 is 12.1 Å². The summed E-state index contributed by atoms with van der Waals surface area (Å²) in [5, 5.41) is 15.4. The number of ether oxygens (including phenoxy) is 1. The van der Waals surface area contributed by atoms with Crippen molar-refractivity contribution in [3.63, 3.8) is 0 Å². The minimum Gasteiger partial charge on any atom is -0.478 e. The molecular formula is C44H52N4O7. The van der Waals surface area contributed by atoms with Gasteiger partial charge in [0.1, 0.15) is 23.7 Å². The molecule has 5 rings (SSSR count). The number of nitrogens with one attached hydrogen (secondary N) is 2. The number of hydrogen-bond donors (Lipinski definition) is 3. The average Bonchev–Trinajstić information content (AvgIpc) is 3.13. The third kappa shape index (κ3) is 9.92. The normalized spacial score (nSPS) is 17.6. The minimum absolute atomic E-state index is 0.103. The predicted molar refractivity (Wildman–Crippen MR) is 209 cm³/mol. The van der Waals surface area contributed by atoms with Crippen LogP contribution < -0.4 is 10.6 Å². The fourth-order valence-corrected chi connectivity index (χ4v) is 6.89. The molecule has 0 fully saturated rings. The van der Waals surface area contributed by atoms with Crippen LogP contribution in [0.2, 0.25) is 0 Å². The maximum Gasteiger partial charge on any atom is 0.410 e. The molecule has 3 aromatic rings. The molecule has 55 heavy (non-hydrogen) atoms. The molecule has 1 heterocycles. The zero-order valence-corrected chi connectivity index (χ0v) is 33.0. The van der Waals surface area contributed by atoms with Crippen LogP contribution in [0.4, 0.5) is 4.79 Å². The van der Waals surface area contributed by atoms with E-state index in [4.69, 9.17) is 4.74 Å². The molecule has 1 aliphatic heterocycles. The van der Waals surface area contributed by atoms with Crippen molar-refractivity contribution in [1.29, 1.82) is 0 Å². The van der Waals surface area contributed by atoms with Crippen LogP contribution in [0.5, 0.6) is 0 Å². The Kier molecular flexibility index (Phi) is 12.1. The number of likely N-dealkylation sites (N-methyl/N-ethyl adjacent to an activating group) is 1. The maximum atomic E-state index is 14.8. The quantitative estimate of drug-likeness (QED) is 0.251. The Morgan fingerprint density at radius 1 is 0.891 bits per heavy atom. The molecule has 0 bridgehead atoms. The van der Waals surface area contributed by atoms with Crippen molar-refractivity contribution < 1.29 is 33.8 Å². The van der Waals surface area contributed by atoms with Gasteiger partial charge < -0.3 is 25.4 Å². The number of carboxylic acids is 1. The molecule has 2 aliphatic rings. The first kappa shape index (κ1) is 40.6. The Hall–Kier alpha value is -5.63. The van der Waals surface area contributed by atoms with Gasteiger partial charge in [-0.15, -0.1) is 0 Å². The molecule has 0 radical (unpaired) electrons. The second-order valence-electron chi connectivity index (χ2n) is 16.5. The molecule has 11 heteroatoms. The van der Waals surface area contributed by atoms with E-state index in [1.54, 1.807) is 44.7 Å². The summed E-state index contributed by atoms with van der Waals surface area (Å²) in [4.78, 5) is 69.8. The van der Waals surface area contributed by atoms with Gasteiger partial charge in [0.2, 0.25) is 17.7 Å². The molecule has 0 saturated carbocycles. The minimum atomic E-state index is -1.04. The molecule has 3 aromatic carbocycles. The summed E-state index contributed by atoms with van der Waals surface area (Å²) in [6, 6.07) is 17.1. The fourth-order valence-electron chi connectivity index (χ4n) is 6.89. The zero-order chi connectivity index (χ0) is 40.2. The molecule has 4 atom stereocenters. The molecule has 290 valence electrons. The number of nitrogens with zero attached hydrogens (tertiary/aromatic N) is 2. The highest BCUT2D eigenvalue weighted by atomic mass is 16.6. The van der Waals surface area contributed by atoms with E-state index in [0.717, 1.165) is 36.0 Å². The molecular weight excluding hydrogens is 697 g/mol. The number of hydrogen-bond acceptors (Lipinski definition) is 6. The molecule has 0 spiro atoms. The number of aromatic carboxylic acids is 1. The van der Waals surface area contributed by atoms with Crippen LogP contribution in [0.3, 0.4) is 0 Å². The smallest absolute Gasteiger partial charge is 0.410 e. The summed E-state index contributed by atoms with van der Waals surface area (Å²) in [5.41, 5.74) is 4.00. The monoisotopic (exact) mass is 748 g/mol. The number of carbonyl (C=O) groups excluding carboxylic acids is 4. The molecule has 1 unspecified atom stereocenters. The summed E-state index contributed by atoms with van der Waals surface area (Å²) >= 11 is 0. The summed E-state index contributed by atoms with van der Waals surface area (Å²) < 4.78 is 5.47. The van der Waals surface area contributed by atoms with E-state index >= 15 is 0 Å². The Balaban J connectivity index is 1.45. The molecule has 0 aromatic heterocycles. The lowest BCUT2D eigenvalue weighted by Gasteiger charge is -2.42. The highest BCUT2D eigenvalue weighted by Crippen LogP contribution is 2.32. The summed E-state index contributed by atoms with van der Waals surface area (Å²) in [6.07, 6.45) is 2.24. The lowest BCUT2D eigenvalue weighted by atomic mass is 9.83. The SMILES string of the molecule is C[C@@H](C(=O)N[C@H](C(=O)N1Cc2cc(C#Cc3ccc(C(=O)O)cc3)ccc2C[C@H]1C(=O)NC1CCCc2ccccc21)C(C)(C)C)N(C)C(=O)OC(C)(C)C. The van der Waals surface area contributed by atoms with E-state index in [-0.39, 0.29) is 30.5 Å². The van der Waals surface area contributed by atoms with Gasteiger partial charge in [0.15, 0.2) is 0 Å². The number of carboxylic acid groups (broad SMARTS) is 1. The van der Waals surface area contributed by atoms with E-state index in [0.29, 0.717) is 11.1 Å². The van der Waals surface area contributed by atoms with Gasteiger partial charge in [-0.2, -0.15) is 0 Å². The number of amides is 4. The number of fused-ring (bicyclic) bond motifs is 2. The van der Waals surface area contributed by atoms with Gasteiger partial charge in [0.05, 0.1) is 11.6 Å². The van der Waals surface area contributed by atoms with Crippen LogP contribution in [0.1, 0.15) is 111 Å². The number of benzene rings is 3. The maximum absolute atomic E-state index is 14.8. The highest BCUT2D eigenvalue weighted by Gasteiger charge is 2.43. The zero-order valence-electron chi connectivity index (χ0n) is 33.0. The fraction of sp³-hybridized carbons (Fsp3) is 0.432. The van der Waals surface area contributed by atoms with Crippen LogP contribution in [0.25, 0.3) is 0 Å². The number of rotatable bonds is 7. The van der Waals surface area contributed by atoms with Crippen molar-refractivity contribution >= 4 is 29.8 Å². The standard InChI is InChI=1S/C44H52N4O7/c1-27(47(8)42(54)55-44(5,6)7)38(49)46-37(43(2,3)4)40(51)48-26-33-24-29(17-16-28-18-21-31(22-19-28)41(52)53)20-23-32(33)25-36(48)39(50)45-35-15-11-13-30-12-9-10-14-34(30)35/h9-10,12,14,18-24,27,35-37H,11,13,15,25-26H2,1-8H3,(H,45,50)(H,46,49)(H,52,53)/t27-,35?,36-,37+/m0/s1. The highest BCUT2D eigenvalue weighted by molar-refractivity contribution is 5.95. The second-order valence-corrected chi connectivity index (χ2v) is 16.5. The molecule has 1 aliphatic carbocycles. The van der Waals surface area contributed by atoms with Gasteiger partial charge in [-0.25, -0.2) is 9.59 Å².